The molecule has 4 heteroatoms. The maximum absolute atomic E-state index is 8.16. The smallest absolute Gasteiger partial charge is 0.130 e. The van der Waals surface area contributed by atoms with E-state index in [2.05, 4.69) is 28.6 Å². The van der Waals surface area contributed by atoms with Crippen LogP contribution in [0.3, 0.4) is 0 Å². The predicted molar refractivity (Wildman–Crippen MR) is 86.9 cm³/mol. The molecule has 112 valence electrons. The lowest BCUT2D eigenvalue weighted by molar-refractivity contribution is 0.461. The van der Waals surface area contributed by atoms with E-state index >= 15 is 0 Å². The molecule has 0 saturated heterocycles. The van der Waals surface area contributed by atoms with Gasteiger partial charge in [0, 0.05) is 19.3 Å². The molecule has 1 saturated carbocycles. The van der Waals surface area contributed by atoms with E-state index in [-0.39, 0.29) is 0 Å². The Labute approximate surface area is 125 Å². The number of nitrogens with zero attached hydrogens (tertiary/aromatic N) is 3. The van der Waals surface area contributed by atoms with Gasteiger partial charge in [-0.25, -0.2) is 0 Å². The topological polar surface area (TPSA) is 46.1 Å². The van der Waals surface area contributed by atoms with Crippen LogP contribution in [-0.2, 0) is 6.54 Å². The van der Waals surface area contributed by atoms with Gasteiger partial charge in [-0.1, -0.05) is 12.8 Å². The van der Waals surface area contributed by atoms with E-state index < -0.39 is 0 Å². The number of fused-ring (bicyclic) bond motifs is 1. The molecule has 0 bridgehead atoms. The summed E-state index contributed by atoms with van der Waals surface area (Å²) < 4.78 is 4.36. The molecule has 1 aliphatic carbocycles. The van der Waals surface area contributed by atoms with Crippen molar-refractivity contribution in [2.24, 2.45) is 10.9 Å². The van der Waals surface area contributed by atoms with Crippen LogP contribution in [0.2, 0.25) is 0 Å². The van der Waals surface area contributed by atoms with Crippen LogP contribution in [0.5, 0.6) is 0 Å². The Hall–Kier alpha value is -1.84. The van der Waals surface area contributed by atoms with Gasteiger partial charge in [0.15, 0.2) is 0 Å². The van der Waals surface area contributed by atoms with Crippen molar-refractivity contribution in [3.05, 3.63) is 29.4 Å². The molecule has 2 aromatic rings. The molecule has 1 N–H and O–H groups in total. The number of rotatable bonds is 2. The molecule has 1 aliphatic rings. The molecule has 0 radical (unpaired) electrons. The van der Waals surface area contributed by atoms with Crippen LogP contribution >= 0.6 is 0 Å². The molecular weight excluding hydrogens is 260 g/mol. The number of pyridine rings is 1. The lowest BCUT2D eigenvalue weighted by Gasteiger charge is -2.14. The second kappa shape index (κ2) is 5.51. The number of nitrogens with one attached hydrogen (secondary N) is 1. The zero-order valence-electron chi connectivity index (χ0n) is 13.2. The van der Waals surface area contributed by atoms with Gasteiger partial charge in [0.1, 0.15) is 11.3 Å². The quantitative estimate of drug-likeness (QED) is 0.649. The summed E-state index contributed by atoms with van der Waals surface area (Å²) in [5.74, 6) is 1.67. The molecule has 3 rings (SSSR count). The Morgan fingerprint density at radius 1 is 1.29 bits per heavy atom. The van der Waals surface area contributed by atoms with Crippen molar-refractivity contribution < 1.29 is 0 Å². The SMILES string of the molecule is CN=C(C)n1c(=N)ccc2c1cc(C)n2CC1CCCC1. The lowest BCUT2D eigenvalue weighted by atomic mass is 10.1. The molecule has 4 nitrogen and oxygen atoms in total. The molecule has 0 spiro atoms. The third-order valence-electron chi connectivity index (χ3n) is 4.77. The minimum absolute atomic E-state index is 0.489. The van der Waals surface area contributed by atoms with E-state index in [1.807, 2.05) is 17.6 Å². The van der Waals surface area contributed by atoms with E-state index in [0.717, 1.165) is 23.8 Å². The van der Waals surface area contributed by atoms with E-state index in [4.69, 9.17) is 5.41 Å². The van der Waals surface area contributed by atoms with Crippen molar-refractivity contribution in [2.45, 2.75) is 46.1 Å². The fourth-order valence-corrected chi connectivity index (χ4v) is 3.54. The van der Waals surface area contributed by atoms with Gasteiger partial charge in [-0.05, 0) is 50.8 Å². The van der Waals surface area contributed by atoms with Gasteiger partial charge in [-0.15, -0.1) is 0 Å². The first kappa shape index (κ1) is 14.1. The first-order valence-corrected chi connectivity index (χ1v) is 7.82. The average molecular weight is 284 g/mol. The average Bonchev–Trinajstić information content (AvgIpc) is 3.07. The van der Waals surface area contributed by atoms with Crippen LogP contribution in [0.4, 0.5) is 0 Å². The van der Waals surface area contributed by atoms with Gasteiger partial charge in [-0.3, -0.25) is 15.0 Å². The van der Waals surface area contributed by atoms with Crippen molar-refractivity contribution in [3.8, 4) is 0 Å². The molecule has 0 aliphatic heterocycles. The highest BCUT2D eigenvalue weighted by atomic mass is 15.1. The zero-order valence-corrected chi connectivity index (χ0v) is 13.2. The number of aromatic nitrogens is 2. The van der Waals surface area contributed by atoms with E-state index in [0.29, 0.717) is 5.49 Å². The molecule has 0 unspecified atom stereocenters. The van der Waals surface area contributed by atoms with Crippen LogP contribution in [0.15, 0.2) is 23.2 Å². The van der Waals surface area contributed by atoms with Crippen molar-refractivity contribution in [1.82, 2.24) is 9.13 Å². The summed E-state index contributed by atoms with van der Waals surface area (Å²) in [6, 6.07) is 6.15. The summed E-state index contributed by atoms with van der Waals surface area (Å²) in [5, 5.41) is 8.16. The third kappa shape index (κ3) is 2.43. The van der Waals surface area contributed by atoms with E-state index in [1.165, 1.54) is 36.9 Å². The number of hydrogen-bond acceptors (Lipinski definition) is 2. The van der Waals surface area contributed by atoms with Gasteiger partial charge in [0.2, 0.25) is 0 Å². The summed E-state index contributed by atoms with van der Waals surface area (Å²) in [4.78, 5) is 4.26. The van der Waals surface area contributed by atoms with Crippen molar-refractivity contribution in [2.75, 3.05) is 7.05 Å². The summed E-state index contributed by atoms with van der Waals surface area (Å²) in [6.07, 6.45) is 5.46. The van der Waals surface area contributed by atoms with Crippen molar-refractivity contribution >= 4 is 16.9 Å². The Morgan fingerprint density at radius 2 is 2.00 bits per heavy atom. The maximum atomic E-state index is 8.16. The fraction of sp³-hybridized carbons (Fsp3) is 0.529. The lowest BCUT2D eigenvalue weighted by Crippen LogP contribution is -2.24. The van der Waals surface area contributed by atoms with Crippen molar-refractivity contribution in [1.29, 1.82) is 5.41 Å². The molecule has 21 heavy (non-hydrogen) atoms. The Balaban J connectivity index is 2.14. The predicted octanol–water partition coefficient (Wildman–Crippen LogP) is 3.32. The molecule has 0 amide bonds. The van der Waals surface area contributed by atoms with Crippen molar-refractivity contribution in [3.63, 3.8) is 0 Å². The Kier molecular flexibility index (Phi) is 3.70. The van der Waals surface area contributed by atoms with Gasteiger partial charge in [0.25, 0.3) is 0 Å². The fourth-order valence-electron chi connectivity index (χ4n) is 3.54. The highest BCUT2D eigenvalue weighted by molar-refractivity contribution is 5.92. The highest BCUT2D eigenvalue weighted by Gasteiger charge is 2.18. The molecular formula is C17H24N4. The van der Waals surface area contributed by atoms with Gasteiger partial charge in [-0.2, -0.15) is 0 Å². The summed E-state index contributed by atoms with van der Waals surface area (Å²) in [6.45, 7) is 5.23. The monoisotopic (exact) mass is 284 g/mol. The minimum atomic E-state index is 0.489. The largest absolute Gasteiger partial charge is 0.343 e. The highest BCUT2D eigenvalue weighted by Crippen LogP contribution is 2.28. The first-order chi connectivity index (χ1) is 10.1. The zero-order chi connectivity index (χ0) is 15.0. The molecule has 2 aromatic heterocycles. The number of aryl methyl sites for hydroxylation is 1. The second-order valence-corrected chi connectivity index (χ2v) is 6.14. The summed E-state index contributed by atoms with van der Waals surface area (Å²) in [7, 11) is 1.78. The van der Waals surface area contributed by atoms with Gasteiger partial charge < -0.3 is 4.57 Å². The summed E-state index contributed by atoms with van der Waals surface area (Å²) >= 11 is 0. The van der Waals surface area contributed by atoms with Crippen LogP contribution in [0.1, 0.15) is 38.3 Å². The number of aliphatic imine (C=N–C) groups is 1. The molecule has 0 aromatic carbocycles. The standard InChI is InChI=1S/C17H24N4/c1-12-10-16-15(20(12)11-14-6-4-5-7-14)8-9-17(18)21(16)13(2)19-3/h8-10,14,18H,4-7,11H2,1-3H3. The van der Waals surface area contributed by atoms with E-state index in [1.54, 1.807) is 7.05 Å². The Morgan fingerprint density at radius 3 is 2.67 bits per heavy atom. The molecule has 2 heterocycles. The maximum Gasteiger partial charge on any atom is 0.130 e. The van der Waals surface area contributed by atoms with Gasteiger partial charge in [0.05, 0.1) is 11.0 Å². The molecule has 1 fully saturated rings. The van der Waals surface area contributed by atoms with Gasteiger partial charge >= 0.3 is 0 Å². The third-order valence-corrected chi connectivity index (χ3v) is 4.77. The van der Waals surface area contributed by atoms with Crippen LogP contribution in [0.25, 0.3) is 11.0 Å². The normalized spacial score (nSPS) is 17.0. The van der Waals surface area contributed by atoms with Crippen LogP contribution in [-0.4, -0.2) is 22.0 Å². The second-order valence-electron chi connectivity index (χ2n) is 6.14. The number of hydrogen-bond donors (Lipinski definition) is 1. The van der Waals surface area contributed by atoms with E-state index in [9.17, 15) is 0 Å². The van der Waals surface area contributed by atoms with Crippen LogP contribution < -0.4 is 5.49 Å². The summed E-state index contributed by atoms with van der Waals surface area (Å²) in [5.41, 5.74) is 4.09. The Bertz CT molecular complexity index is 742. The van der Waals surface area contributed by atoms with Crippen LogP contribution in [0, 0.1) is 18.3 Å². The molecule has 0 atom stereocenters. The minimum Gasteiger partial charge on any atom is -0.343 e. The first-order valence-electron chi connectivity index (χ1n) is 7.82.